The first-order chi connectivity index (χ1) is 10.6. The van der Waals surface area contributed by atoms with Gasteiger partial charge in [-0.05, 0) is 25.5 Å². The Bertz CT molecular complexity index is 673. The van der Waals surface area contributed by atoms with E-state index in [4.69, 9.17) is 4.42 Å². The highest BCUT2D eigenvalue weighted by Crippen LogP contribution is 2.40. The third-order valence-electron chi connectivity index (χ3n) is 4.67. The highest BCUT2D eigenvalue weighted by Gasteiger charge is 2.48. The van der Waals surface area contributed by atoms with Crippen molar-refractivity contribution >= 4 is 17.2 Å². The molecule has 0 aliphatic carbocycles. The van der Waals surface area contributed by atoms with Crippen molar-refractivity contribution in [2.45, 2.75) is 19.9 Å². The summed E-state index contributed by atoms with van der Waals surface area (Å²) >= 11 is 1.47. The molecule has 0 radical (unpaired) electrons. The van der Waals surface area contributed by atoms with Gasteiger partial charge in [-0.15, -0.1) is 11.3 Å². The lowest BCUT2D eigenvalue weighted by molar-refractivity contribution is -0.00176. The molecule has 2 saturated heterocycles. The third kappa shape index (κ3) is 2.46. The van der Waals surface area contributed by atoms with Gasteiger partial charge in [-0.3, -0.25) is 9.69 Å². The van der Waals surface area contributed by atoms with E-state index in [-0.39, 0.29) is 11.3 Å². The van der Waals surface area contributed by atoms with Crippen LogP contribution >= 0.6 is 11.3 Å². The van der Waals surface area contributed by atoms with Gasteiger partial charge >= 0.3 is 0 Å². The van der Waals surface area contributed by atoms with Crippen molar-refractivity contribution in [2.75, 3.05) is 26.2 Å². The van der Waals surface area contributed by atoms with Crippen molar-refractivity contribution in [1.29, 1.82) is 0 Å². The summed E-state index contributed by atoms with van der Waals surface area (Å²) in [5.74, 6) is 2.07. The largest absolute Gasteiger partial charge is 0.465 e. The van der Waals surface area contributed by atoms with Crippen LogP contribution in [0, 0.1) is 12.3 Å². The molecule has 2 aromatic rings. The van der Waals surface area contributed by atoms with Crippen LogP contribution in [0.3, 0.4) is 0 Å². The molecule has 0 atom stereocenters. The molecule has 0 saturated carbocycles. The first-order valence-electron chi connectivity index (χ1n) is 7.59. The highest BCUT2D eigenvalue weighted by molar-refractivity contribution is 7.07. The van der Waals surface area contributed by atoms with Crippen molar-refractivity contribution in [3.63, 3.8) is 0 Å². The molecule has 0 N–H and O–H groups in total. The minimum atomic E-state index is 0.0817. The Morgan fingerprint density at radius 2 is 2.27 bits per heavy atom. The molecule has 1 amide bonds. The number of likely N-dealkylation sites (tertiary alicyclic amines) is 2. The Hall–Kier alpha value is -1.66. The van der Waals surface area contributed by atoms with E-state index >= 15 is 0 Å². The second-order valence-electron chi connectivity index (χ2n) is 6.51. The fraction of sp³-hybridized carbons (Fsp3) is 0.500. The van der Waals surface area contributed by atoms with Gasteiger partial charge in [-0.1, -0.05) is 0 Å². The number of amides is 1. The van der Waals surface area contributed by atoms with Crippen LogP contribution in [0.4, 0.5) is 0 Å². The van der Waals surface area contributed by atoms with Gasteiger partial charge in [-0.2, -0.15) is 0 Å². The number of rotatable bonds is 3. The van der Waals surface area contributed by atoms with Crippen LogP contribution in [-0.4, -0.2) is 46.9 Å². The first-order valence-corrected chi connectivity index (χ1v) is 8.53. The summed E-state index contributed by atoms with van der Waals surface area (Å²) in [6, 6.07) is 4.06. The van der Waals surface area contributed by atoms with E-state index in [1.54, 1.807) is 5.51 Å². The Balaban J connectivity index is 1.33. The normalized spacial score (nSPS) is 20.5. The van der Waals surface area contributed by atoms with E-state index < -0.39 is 0 Å². The predicted octanol–water partition coefficient (Wildman–Crippen LogP) is 2.39. The summed E-state index contributed by atoms with van der Waals surface area (Å²) in [6.45, 7) is 6.65. The van der Waals surface area contributed by atoms with Crippen molar-refractivity contribution in [3.05, 3.63) is 40.2 Å². The second kappa shape index (κ2) is 5.21. The Morgan fingerprint density at radius 3 is 2.95 bits per heavy atom. The number of hydrogen-bond acceptors (Lipinski definition) is 5. The average Bonchev–Trinajstić information content (AvgIpc) is 3.17. The molecule has 0 unspecified atom stereocenters. The molecule has 0 aromatic carbocycles. The molecule has 22 heavy (non-hydrogen) atoms. The molecule has 2 aromatic heterocycles. The van der Waals surface area contributed by atoms with Gasteiger partial charge < -0.3 is 9.32 Å². The molecule has 2 aliphatic heterocycles. The molecule has 2 fully saturated rings. The van der Waals surface area contributed by atoms with Crippen LogP contribution < -0.4 is 0 Å². The zero-order valence-corrected chi connectivity index (χ0v) is 13.4. The molecule has 5 nitrogen and oxygen atoms in total. The standard InChI is InChI=1S/C16H19N3O2S/c1-12-2-3-13(21-12)6-18-8-16(9-18)4-5-19(10-16)15(20)14-7-22-11-17-14/h2-3,7,11H,4-6,8-10H2,1H3. The summed E-state index contributed by atoms with van der Waals surface area (Å²) in [5, 5.41) is 1.83. The van der Waals surface area contributed by atoms with Gasteiger partial charge in [0.15, 0.2) is 0 Å². The SMILES string of the molecule is Cc1ccc(CN2CC3(CCN(C(=O)c4cscn4)C3)C2)o1. The number of aryl methyl sites for hydroxylation is 1. The van der Waals surface area contributed by atoms with E-state index in [9.17, 15) is 4.79 Å². The van der Waals surface area contributed by atoms with Crippen LogP contribution in [0.1, 0.15) is 28.4 Å². The number of hydrogen-bond donors (Lipinski definition) is 0. The number of aromatic nitrogens is 1. The maximum atomic E-state index is 12.4. The number of thiazole rings is 1. The maximum absolute atomic E-state index is 12.4. The lowest BCUT2D eigenvalue weighted by Crippen LogP contribution is -2.57. The molecular formula is C16H19N3O2S. The topological polar surface area (TPSA) is 49.6 Å². The Labute approximate surface area is 133 Å². The maximum Gasteiger partial charge on any atom is 0.273 e. The summed E-state index contributed by atoms with van der Waals surface area (Å²) in [6.07, 6.45) is 1.09. The minimum Gasteiger partial charge on any atom is -0.465 e. The van der Waals surface area contributed by atoms with Gasteiger partial charge in [0.2, 0.25) is 0 Å². The van der Waals surface area contributed by atoms with Gasteiger partial charge in [0.25, 0.3) is 5.91 Å². The molecule has 4 heterocycles. The molecular weight excluding hydrogens is 298 g/mol. The molecule has 2 aliphatic rings. The van der Waals surface area contributed by atoms with E-state index in [0.29, 0.717) is 5.69 Å². The zero-order valence-electron chi connectivity index (χ0n) is 12.6. The van der Waals surface area contributed by atoms with Gasteiger partial charge in [-0.25, -0.2) is 4.98 Å². The van der Waals surface area contributed by atoms with Crippen molar-refractivity contribution in [3.8, 4) is 0 Å². The minimum absolute atomic E-state index is 0.0817. The molecule has 116 valence electrons. The van der Waals surface area contributed by atoms with Crippen molar-refractivity contribution in [2.24, 2.45) is 5.41 Å². The monoisotopic (exact) mass is 317 g/mol. The quantitative estimate of drug-likeness (QED) is 0.872. The van der Waals surface area contributed by atoms with Crippen LogP contribution in [0.25, 0.3) is 0 Å². The smallest absolute Gasteiger partial charge is 0.273 e. The van der Waals surface area contributed by atoms with Gasteiger partial charge in [0.1, 0.15) is 17.2 Å². The fourth-order valence-corrected chi connectivity index (χ4v) is 4.18. The Kier molecular flexibility index (Phi) is 3.31. The van der Waals surface area contributed by atoms with Crippen LogP contribution in [-0.2, 0) is 6.54 Å². The van der Waals surface area contributed by atoms with E-state index in [1.807, 2.05) is 29.3 Å². The van der Waals surface area contributed by atoms with Crippen molar-refractivity contribution in [1.82, 2.24) is 14.8 Å². The number of carbonyl (C=O) groups is 1. The third-order valence-corrected chi connectivity index (χ3v) is 5.26. The predicted molar refractivity (Wildman–Crippen MR) is 83.8 cm³/mol. The number of carbonyl (C=O) groups excluding carboxylic acids is 1. The lowest BCUT2D eigenvalue weighted by atomic mass is 9.79. The van der Waals surface area contributed by atoms with Crippen molar-refractivity contribution < 1.29 is 9.21 Å². The van der Waals surface area contributed by atoms with Crippen LogP contribution in [0.5, 0.6) is 0 Å². The summed E-state index contributed by atoms with van der Waals surface area (Å²) in [5.41, 5.74) is 2.59. The molecule has 0 bridgehead atoms. The Morgan fingerprint density at radius 1 is 1.41 bits per heavy atom. The van der Waals surface area contributed by atoms with Gasteiger partial charge in [0, 0.05) is 37.0 Å². The second-order valence-corrected chi connectivity index (χ2v) is 7.23. The van der Waals surface area contributed by atoms with Crippen LogP contribution in [0.15, 0.2) is 27.4 Å². The van der Waals surface area contributed by atoms with Gasteiger partial charge in [0.05, 0.1) is 12.1 Å². The lowest BCUT2D eigenvalue weighted by Gasteiger charge is -2.47. The fourth-order valence-electron chi connectivity index (χ4n) is 3.65. The van der Waals surface area contributed by atoms with E-state index in [1.165, 1.54) is 11.3 Å². The van der Waals surface area contributed by atoms with E-state index in [2.05, 4.69) is 9.88 Å². The molecule has 6 heteroatoms. The number of furan rings is 1. The molecule has 4 rings (SSSR count). The molecule has 1 spiro atoms. The highest BCUT2D eigenvalue weighted by atomic mass is 32.1. The summed E-state index contributed by atoms with van der Waals surface area (Å²) < 4.78 is 5.64. The number of nitrogens with zero attached hydrogens (tertiary/aromatic N) is 3. The van der Waals surface area contributed by atoms with Crippen LogP contribution in [0.2, 0.25) is 0 Å². The van der Waals surface area contributed by atoms with E-state index in [0.717, 1.165) is 50.7 Å². The summed E-state index contributed by atoms with van der Waals surface area (Å²) in [4.78, 5) is 20.8. The average molecular weight is 317 g/mol. The first kappa shape index (κ1) is 14.0. The summed E-state index contributed by atoms with van der Waals surface area (Å²) in [7, 11) is 0. The zero-order chi connectivity index (χ0) is 15.2.